The number of unbranched alkanes of at least 4 members (excludes halogenated alkanes) is 24. The van der Waals surface area contributed by atoms with Gasteiger partial charge in [-0.15, -0.1) is 0 Å². The Hall–Kier alpha value is -0.820. The highest BCUT2D eigenvalue weighted by atomic mass is 14.9. The zero-order valence-electron chi connectivity index (χ0n) is 28.2. The van der Waals surface area contributed by atoms with Crippen LogP contribution in [0.3, 0.4) is 0 Å². The molecule has 0 saturated heterocycles. The zero-order valence-corrected chi connectivity index (χ0v) is 28.2. The number of hydrogen-bond donors (Lipinski definition) is 1. The van der Waals surface area contributed by atoms with E-state index in [1.807, 2.05) is 0 Å². The van der Waals surface area contributed by atoms with Crippen LogP contribution in [0.4, 0.5) is 0 Å². The molecule has 1 N–H and O–H groups in total. The van der Waals surface area contributed by atoms with E-state index in [4.69, 9.17) is 0 Å². The maximum absolute atomic E-state index is 3.95. The standard InChI is InChI=1S/C40H73N/c1-3-5-7-9-11-13-15-16-17-18-20-22-24-26-28-36-41-40-35-34-37(38-30-32-39(40)33-31-38)29-27-25-23-21-19-14-12-10-8-6-4-2/h30-33,37,40-41H,3-29,34-36H2,1-2H3. The van der Waals surface area contributed by atoms with Gasteiger partial charge in [0.15, 0.2) is 0 Å². The second kappa shape index (κ2) is 26.8. The Balaban J connectivity index is 1.43. The molecule has 1 aromatic carbocycles. The van der Waals surface area contributed by atoms with Crippen LogP contribution in [0.2, 0.25) is 0 Å². The highest BCUT2D eigenvalue weighted by Gasteiger charge is 2.20. The first kappa shape index (κ1) is 36.4. The van der Waals surface area contributed by atoms with Crippen LogP contribution in [0.5, 0.6) is 0 Å². The summed E-state index contributed by atoms with van der Waals surface area (Å²) in [4.78, 5) is 0. The number of nitrogens with one attached hydrogen (secondary N) is 1. The SMILES string of the molecule is CCCCCCCCCCCCCCCCCNC1CCC(CCCCCCCCCCCCC)c2ccc1cc2. The predicted molar refractivity (Wildman–Crippen MR) is 185 cm³/mol. The molecule has 238 valence electrons. The van der Waals surface area contributed by atoms with Crippen LogP contribution >= 0.6 is 0 Å². The van der Waals surface area contributed by atoms with Gasteiger partial charge in [0.2, 0.25) is 0 Å². The van der Waals surface area contributed by atoms with Crippen LogP contribution in [-0.4, -0.2) is 6.54 Å². The average Bonchev–Trinajstić information content (AvgIpc) is 2.98. The molecule has 2 aliphatic carbocycles. The fourth-order valence-corrected chi connectivity index (χ4v) is 7.06. The van der Waals surface area contributed by atoms with Gasteiger partial charge in [-0.2, -0.15) is 0 Å². The van der Waals surface area contributed by atoms with Gasteiger partial charge in [-0.05, 0) is 49.3 Å². The van der Waals surface area contributed by atoms with Crippen LogP contribution in [0.1, 0.15) is 223 Å². The summed E-state index contributed by atoms with van der Waals surface area (Å²) in [5.41, 5.74) is 3.12. The van der Waals surface area contributed by atoms with Crippen molar-refractivity contribution in [2.75, 3.05) is 6.54 Å². The zero-order chi connectivity index (χ0) is 29.1. The molecule has 2 atom stereocenters. The van der Waals surface area contributed by atoms with E-state index in [1.54, 1.807) is 5.56 Å². The molecule has 0 saturated carbocycles. The Bertz CT molecular complexity index is 664. The van der Waals surface area contributed by atoms with E-state index in [0.29, 0.717) is 6.04 Å². The molecule has 0 fully saturated rings. The quantitative estimate of drug-likeness (QED) is 0.0949. The van der Waals surface area contributed by atoms with Gasteiger partial charge in [0, 0.05) is 6.04 Å². The molecule has 41 heavy (non-hydrogen) atoms. The summed E-state index contributed by atoms with van der Waals surface area (Å²) in [6.07, 6.45) is 41.6. The van der Waals surface area contributed by atoms with Gasteiger partial charge in [0.05, 0.1) is 0 Å². The van der Waals surface area contributed by atoms with Gasteiger partial charge < -0.3 is 5.32 Å². The molecule has 2 bridgehead atoms. The molecule has 0 radical (unpaired) electrons. The van der Waals surface area contributed by atoms with Crippen LogP contribution in [0.25, 0.3) is 0 Å². The van der Waals surface area contributed by atoms with Gasteiger partial charge in [-0.1, -0.05) is 199 Å². The van der Waals surface area contributed by atoms with Gasteiger partial charge in [0.1, 0.15) is 0 Å². The lowest BCUT2D eigenvalue weighted by atomic mass is 9.83. The Morgan fingerprint density at radius 3 is 1.24 bits per heavy atom. The van der Waals surface area contributed by atoms with Crippen molar-refractivity contribution in [2.45, 2.75) is 212 Å². The lowest BCUT2D eigenvalue weighted by Crippen LogP contribution is -2.24. The molecule has 0 heterocycles. The number of benzene rings is 1. The summed E-state index contributed by atoms with van der Waals surface area (Å²) in [5, 5.41) is 3.95. The van der Waals surface area contributed by atoms with E-state index < -0.39 is 0 Å². The topological polar surface area (TPSA) is 12.0 Å². The molecular weight excluding hydrogens is 494 g/mol. The molecule has 0 amide bonds. The molecule has 3 rings (SSSR count). The Labute approximate surface area is 258 Å². The summed E-state index contributed by atoms with van der Waals surface area (Å²) in [6, 6.07) is 10.3. The Kier molecular flexibility index (Phi) is 23.8. The fraction of sp³-hybridized carbons (Fsp3) is 0.850. The first-order chi connectivity index (χ1) is 20.3. The second-order valence-corrected chi connectivity index (χ2v) is 13.7. The largest absolute Gasteiger partial charge is 0.310 e. The summed E-state index contributed by atoms with van der Waals surface area (Å²) < 4.78 is 0. The average molecular weight is 568 g/mol. The molecule has 2 aliphatic rings. The van der Waals surface area contributed by atoms with Crippen molar-refractivity contribution in [3.63, 3.8) is 0 Å². The minimum atomic E-state index is 0.566. The van der Waals surface area contributed by atoms with Crippen LogP contribution in [0, 0.1) is 0 Å². The molecule has 2 unspecified atom stereocenters. The monoisotopic (exact) mass is 568 g/mol. The first-order valence-corrected chi connectivity index (χ1v) is 19.2. The number of rotatable bonds is 29. The Morgan fingerprint density at radius 1 is 0.439 bits per heavy atom. The van der Waals surface area contributed by atoms with Crippen molar-refractivity contribution in [2.24, 2.45) is 0 Å². The molecular formula is C40H73N. The number of fused-ring (bicyclic) bond motifs is 5. The second-order valence-electron chi connectivity index (χ2n) is 13.7. The maximum atomic E-state index is 3.95. The van der Waals surface area contributed by atoms with Crippen molar-refractivity contribution < 1.29 is 0 Å². The van der Waals surface area contributed by atoms with Crippen LogP contribution in [0.15, 0.2) is 24.3 Å². The molecule has 0 aromatic heterocycles. The third-order valence-electron chi connectivity index (χ3n) is 9.94. The summed E-state index contributed by atoms with van der Waals surface area (Å²) in [7, 11) is 0. The third-order valence-corrected chi connectivity index (χ3v) is 9.94. The lowest BCUT2D eigenvalue weighted by Gasteiger charge is -2.27. The van der Waals surface area contributed by atoms with E-state index in [0.717, 1.165) is 5.92 Å². The van der Waals surface area contributed by atoms with E-state index in [9.17, 15) is 0 Å². The fourth-order valence-electron chi connectivity index (χ4n) is 7.06. The number of hydrogen-bond acceptors (Lipinski definition) is 1. The minimum absolute atomic E-state index is 0.566. The minimum Gasteiger partial charge on any atom is -0.310 e. The van der Waals surface area contributed by atoms with Gasteiger partial charge >= 0.3 is 0 Å². The smallest absolute Gasteiger partial charge is 0.0320 e. The third kappa shape index (κ3) is 19.2. The van der Waals surface area contributed by atoms with Crippen molar-refractivity contribution in [3.8, 4) is 0 Å². The van der Waals surface area contributed by atoms with E-state index in [2.05, 4.69) is 43.4 Å². The lowest BCUT2D eigenvalue weighted by molar-refractivity contribution is 0.422. The highest BCUT2D eigenvalue weighted by Crippen LogP contribution is 2.34. The van der Waals surface area contributed by atoms with E-state index in [-0.39, 0.29) is 0 Å². The van der Waals surface area contributed by atoms with Crippen molar-refractivity contribution in [1.82, 2.24) is 5.32 Å². The summed E-state index contributed by atoms with van der Waals surface area (Å²) in [5.74, 6) is 0.776. The maximum Gasteiger partial charge on any atom is 0.0320 e. The predicted octanol–water partition coefficient (Wildman–Crippen LogP) is 13.8. The normalized spacial score (nSPS) is 16.7. The van der Waals surface area contributed by atoms with E-state index in [1.165, 1.54) is 198 Å². The molecule has 1 nitrogen and oxygen atoms in total. The van der Waals surface area contributed by atoms with Crippen molar-refractivity contribution in [1.29, 1.82) is 0 Å². The summed E-state index contributed by atoms with van der Waals surface area (Å²) in [6.45, 7) is 5.80. The van der Waals surface area contributed by atoms with Crippen LogP contribution in [-0.2, 0) is 0 Å². The molecule has 0 spiro atoms. The van der Waals surface area contributed by atoms with Gasteiger partial charge in [0.25, 0.3) is 0 Å². The van der Waals surface area contributed by atoms with E-state index >= 15 is 0 Å². The Morgan fingerprint density at radius 2 is 0.805 bits per heavy atom. The molecule has 1 aromatic rings. The van der Waals surface area contributed by atoms with Crippen molar-refractivity contribution >= 4 is 0 Å². The molecule has 0 aliphatic heterocycles. The first-order valence-electron chi connectivity index (χ1n) is 19.2. The van der Waals surface area contributed by atoms with Gasteiger partial charge in [-0.25, -0.2) is 0 Å². The van der Waals surface area contributed by atoms with Crippen molar-refractivity contribution in [3.05, 3.63) is 35.4 Å². The highest BCUT2D eigenvalue weighted by molar-refractivity contribution is 5.29. The molecule has 1 heteroatoms. The van der Waals surface area contributed by atoms with Crippen LogP contribution < -0.4 is 5.32 Å². The summed E-state index contributed by atoms with van der Waals surface area (Å²) >= 11 is 0. The van der Waals surface area contributed by atoms with Gasteiger partial charge in [-0.3, -0.25) is 0 Å².